The van der Waals surface area contributed by atoms with Gasteiger partial charge in [-0.3, -0.25) is 0 Å². The molecular weight excluding hydrogens is 193 g/mol. The predicted octanol–water partition coefficient (Wildman–Crippen LogP) is 1.90. The van der Waals surface area contributed by atoms with Crippen LogP contribution in [0.5, 0.6) is 0 Å². The van der Waals surface area contributed by atoms with Crippen molar-refractivity contribution in [3.8, 4) is 10.6 Å². The molecule has 3 nitrogen and oxygen atoms in total. The van der Waals surface area contributed by atoms with E-state index >= 15 is 0 Å². The molecule has 0 aliphatic carbocycles. The van der Waals surface area contributed by atoms with Crippen LogP contribution in [0.25, 0.3) is 10.6 Å². The highest BCUT2D eigenvalue weighted by Gasteiger charge is 2.04. The molecule has 0 atom stereocenters. The summed E-state index contributed by atoms with van der Waals surface area (Å²) < 4.78 is 17.0. The van der Waals surface area contributed by atoms with Crippen molar-refractivity contribution >= 4 is 11.6 Å². The van der Waals surface area contributed by atoms with Crippen LogP contribution in [0.3, 0.4) is 0 Å². The zero-order chi connectivity index (χ0) is 9.26. The minimum atomic E-state index is -0.621. The van der Waals surface area contributed by atoms with Crippen LogP contribution in [-0.4, -0.2) is 4.98 Å². The monoisotopic (exact) mass is 197 g/mol. The van der Waals surface area contributed by atoms with Crippen molar-refractivity contribution in [3.05, 3.63) is 40.6 Å². The summed E-state index contributed by atoms with van der Waals surface area (Å²) in [7, 11) is 0. The van der Waals surface area contributed by atoms with Gasteiger partial charge in [-0.05, 0) is 24.3 Å². The number of rotatable bonds is 1. The van der Waals surface area contributed by atoms with Gasteiger partial charge in [0, 0.05) is 5.56 Å². The Kier molecular flexibility index (Phi) is 1.94. The molecule has 1 heterocycles. The lowest BCUT2D eigenvalue weighted by atomic mass is 10.2. The fourth-order valence-corrected chi connectivity index (χ4v) is 1.43. The van der Waals surface area contributed by atoms with Crippen molar-refractivity contribution in [2.75, 3.05) is 0 Å². The van der Waals surface area contributed by atoms with E-state index in [1.165, 1.54) is 12.1 Å². The van der Waals surface area contributed by atoms with Gasteiger partial charge in [0.25, 0.3) is 0 Å². The van der Waals surface area contributed by atoms with E-state index in [1.54, 1.807) is 12.1 Å². The normalized spacial score (nSPS) is 10.2. The lowest BCUT2D eigenvalue weighted by Gasteiger charge is -1.91. The van der Waals surface area contributed by atoms with Crippen molar-refractivity contribution in [1.29, 1.82) is 0 Å². The summed E-state index contributed by atoms with van der Waals surface area (Å²) in [5.41, 5.74) is 0.678. The maximum absolute atomic E-state index is 12.5. The van der Waals surface area contributed by atoms with Crippen LogP contribution < -0.4 is 5.76 Å². The Morgan fingerprint density at radius 1 is 1.31 bits per heavy atom. The average Bonchev–Trinajstić information content (AvgIpc) is 2.53. The third-order valence-corrected chi connectivity index (χ3v) is 2.19. The van der Waals surface area contributed by atoms with E-state index in [4.69, 9.17) is 0 Å². The second kappa shape index (κ2) is 3.10. The van der Waals surface area contributed by atoms with Crippen molar-refractivity contribution < 1.29 is 8.24 Å². The first-order chi connectivity index (χ1) is 6.25. The van der Waals surface area contributed by atoms with Crippen LogP contribution in [-0.2, 0) is 0 Å². The minimum Gasteiger partial charge on any atom is -0.345 e. The first kappa shape index (κ1) is 8.12. The molecule has 66 valence electrons. The quantitative estimate of drug-likeness (QED) is 0.701. The molecule has 0 unspecified atom stereocenters. The lowest BCUT2D eigenvalue weighted by molar-refractivity contribution is 0.618. The van der Waals surface area contributed by atoms with Gasteiger partial charge in [0.05, 0.1) is 11.6 Å². The standard InChI is InChI=1S/C8H4FNO2S/c9-6-3-1-5(2-4-6)7-10-8(11)12-13-7/h1-4H. The summed E-state index contributed by atoms with van der Waals surface area (Å²) >= 11 is 0.887. The smallest absolute Gasteiger partial charge is 0.345 e. The van der Waals surface area contributed by atoms with E-state index in [-0.39, 0.29) is 5.82 Å². The fraction of sp³-hybridized carbons (Fsp3) is 0. The number of hydrogen-bond acceptors (Lipinski definition) is 4. The largest absolute Gasteiger partial charge is 0.451 e. The van der Waals surface area contributed by atoms with Crippen molar-refractivity contribution in [2.45, 2.75) is 0 Å². The van der Waals surface area contributed by atoms with Gasteiger partial charge in [0.2, 0.25) is 0 Å². The zero-order valence-corrected chi connectivity index (χ0v) is 7.18. The molecule has 2 aromatic rings. The Balaban J connectivity index is 2.47. The maximum Gasteiger partial charge on any atom is 0.451 e. The molecule has 0 aliphatic rings. The molecule has 0 bridgehead atoms. The van der Waals surface area contributed by atoms with Crippen molar-refractivity contribution in [3.63, 3.8) is 0 Å². The molecular formula is C8H4FNO2S. The van der Waals surface area contributed by atoms with E-state index in [9.17, 15) is 9.18 Å². The van der Waals surface area contributed by atoms with Gasteiger partial charge < -0.3 is 3.85 Å². The van der Waals surface area contributed by atoms with E-state index < -0.39 is 5.76 Å². The molecule has 0 amide bonds. The van der Waals surface area contributed by atoms with E-state index in [0.717, 1.165) is 11.6 Å². The van der Waals surface area contributed by atoms with Gasteiger partial charge in [0.15, 0.2) is 5.01 Å². The van der Waals surface area contributed by atoms with Gasteiger partial charge in [-0.2, -0.15) is 4.98 Å². The molecule has 5 heteroatoms. The summed E-state index contributed by atoms with van der Waals surface area (Å²) in [6, 6.07) is 5.70. The molecule has 1 aromatic carbocycles. The Morgan fingerprint density at radius 3 is 2.54 bits per heavy atom. The highest BCUT2D eigenvalue weighted by atomic mass is 32.1. The third-order valence-electron chi connectivity index (χ3n) is 1.48. The molecule has 0 saturated heterocycles. The molecule has 1 aromatic heterocycles. The van der Waals surface area contributed by atoms with Crippen LogP contribution in [0.15, 0.2) is 32.9 Å². The predicted molar refractivity (Wildman–Crippen MR) is 46.0 cm³/mol. The first-order valence-electron chi connectivity index (χ1n) is 3.49. The van der Waals surface area contributed by atoms with Crippen LogP contribution in [0.4, 0.5) is 4.39 Å². The summed E-state index contributed by atoms with van der Waals surface area (Å²) in [6.45, 7) is 0. The lowest BCUT2D eigenvalue weighted by Crippen LogP contribution is -1.94. The Labute approximate surface area is 76.7 Å². The van der Waals surface area contributed by atoms with E-state index in [1.807, 2.05) is 0 Å². The summed E-state index contributed by atoms with van der Waals surface area (Å²) in [6.07, 6.45) is 0. The Bertz CT molecular complexity index is 459. The molecule has 13 heavy (non-hydrogen) atoms. The Hall–Kier alpha value is -1.49. The molecule has 0 fully saturated rings. The van der Waals surface area contributed by atoms with Gasteiger partial charge in [-0.1, -0.05) is 0 Å². The summed E-state index contributed by atoms with van der Waals surface area (Å²) in [5, 5.41) is 0.463. The number of aromatic nitrogens is 1. The molecule has 0 spiro atoms. The van der Waals surface area contributed by atoms with Crippen LogP contribution in [0.2, 0.25) is 0 Å². The van der Waals surface area contributed by atoms with Gasteiger partial charge in [-0.25, -0.2) is 9.18 Å². The number of nitrogens with zero attached hydrogens (tertiary/aromatic N) is 1. The van der Waals surface area contributed by atoms with Crippen molar-refractivity contribution in [2.24, 2.45) is 0 Å². The van der Waals surface area contributed by atoms with Gasteiger partial charge >= 0.3 is 5.76 Å². The van der Waals surface area contributed by atoms with Gasteiger partial charge in [0.1, 0.15) is 5.82 Å². The number of benzene rings is 1. The van der Waals surface area contributed by atoms with Gasteiger partial charge in [-0.15, -0.1) is 0 Å². The highest BCUT2D eigenvalue weighted by molar-refractivity contribution is 7.06. The van der Waals surface area contributed by atoms with E-state index in [0.29, 0.717) is 10.6 Å². The van der Waals surface area contributed by atoms with Crippen LogP contribution >= 0.6 is 11.6 Å². The maximum atomic E-state index is 12.5. The highest BCUT2D eigenvalue weighted by Crippen LogP contribution is 2.19. The zero-order valence-electron chi connectivity index (χ0n) is 6.36. The second-order valence-electron chi connectivity index (χ2n) is 2.36. The minimum absolute atomic E-state index is 0.320. The molecule has 0 saturated carbocycles. The van der Waals surface area contributed by atoms with Crippen LogP contribution in [0, 0.1) is 5.82 Å². The SMILES string of the molecule is O=c1nc(-c2ccc(F)cc2)so1. The number of hydrogen-bond donors (Lipinski definition) is 0. The molecule has 0 aliphatic heterocycles. The topological polar surface area (TPSA) is 43.1 Å². The van der Waals surface area contributed by atoms with E-state index in [2.05, 4.69) is 8.83 Å². The van der Waals surface area contributed by atoms with Crippen LogP contribution in [0.1, 0.15) is 0 Å². The molecule has 0 N–H and O–H groups in total. The fourth-order valence-electron chi connectivity index (χ4n) is 0.900. The first-order valence-corrected chi connectivity index (χ1v) is 4.23. The summed E-state index contributed by atoms with van der Waals surface area (Å²) in [4.78, 5) is 14.2. The molecule has 2 rings (SSSR count). The third kappa shape index (κ3) is 1.65. The molecule has 0 radical (unpaired) electrons. The van der Waals surface area contributed by atoms with Crippen molar-refractivity contribution in [1.82, 2.24) is 4.98 Å². The summed E-state index contributed by atoms with van der Waals surface area (Å²) in [5.74, 6) is -0.941. The Morgan fingerprint density at radius 2 is 2.00 bits per heavy atom. The second-order valence-corrected chi connectivity index (χ2v) is 3.08. The average molecular weight is 197 g/mol. The number of halogens is 1.